The SMILES string of the molecule is CC(C)n1ccnc(N(C)c2ccccc2CN)c1=O. The third kappa shape index (κ3) is 2.58. The van der Waals surface area contributed by atoms with Gasteiger partial charge in [-0.3, -0.25) is 4.79 Å². The van der Waals surface area contributed by atoms with Crippen molar-refractivity contribution in [1.29, 1.82) is 0 Å². The van der Waals surface area contributed by atoms with Crippen molar-refractivity contribution in [3.8, 4) is 0 Å². The molecule has 1 heterocycles. The molecule has 0 bridgehead atoms. The molecule has 0 atom stereocenters. The van der Waals surface area contributed by atoms with Crippen molar-refractivity contribution in [3.63, 3.8) is 0 Å². The molecular weight excluding hydrogens is 252 g/mol. The summed E-state index contributed by atoms with van der Waals surface area (Å²) in [7, 11) is 1.84. The molecule has 5 heteroatoms. The van der Waals surface area contributed by atoms with E-state index >= 15 is 0 Å². The summed E-state index contributed by atoms with van der Waals surface area (Å²) in [4.78, 5) is 18.5. The fourth-order valence-corrected chi connectivity index (χ4v) is 2.18. The van der Waals surface area contributed by atoms with E-state index in [0.717, 1.165) is 11.3 Å². The van der Waals surface area contributed by atoms with Gasteiger partial charge in [0.2, 0.25) is 0 Å². The van der Waals surface area contributed by atoms with Crippen molar-refractivity contribution in [3.05, 3.63) is 52.6 Å². The third-order valence-electron chi connectivity index (χ3n) is 3.30. The smallest absolute Gasteiger partial charge is 0.294 e. The number of hydrogen-bond acceptors (Lipinski definition) is 4. The van der Waals surface area contributed by atoms with Crippen molar-refractivity contribution in [2.45, 2.75) is 26.4 Å². The van der Waals surface area contributed by atoms with Crippen LogP contribution >= 0.6 is 0 Å². The first-order valence-electron chi connectivity index (χ1n) is 6.65. The Morgan fingerprint density at radius 1 is 1.35 bits per heavy atom. The number of hydrogen-bond donors (Lipinski definition) is 1. The van der Waals surface area contributed by atoms with Crippen molar-refractivity contribution < 1.29 is 0 Å². The summed E-state index contributed by atoms with van der Waals surface area (Å²) in [6.07, 6.45) is 3.36. The van der Waals surface area contributed by atoms with Gasteiger partial charge in [0.05, 0.1) is 0 Å². The van der Waals surface area contributed by atoms with Gasteiger partial charge in [-0.1, -0.05) is 18.2 Å². The molecule has 20 heavy (non-hydrogen) atoms. The predicted molar refractivity (Wildman–Crippen MR) is 81.3 cm³/mol. The van der Waals surface area contributed by atoms with E-state index in [9.17, 15) is 4.79 Å². The Hall–Kier alpha value is -2.14. The summed E-state index contributed by atoms with van der Waals surface area (Å²) in [6.45, 7) is 4.36. The second-order valence-corrected chi connectivity index (χ2v) is 4.95. The molecule has 0 radical (unpaired) electrons. The third-order valence-corrected chi connectivity index (χ3v) is 3.30. The maximum absolute atomic E-state index is 12.5. The first-order chi connectivity index (χ1) is 9.56. The molecule has 0 unspecified atom stereocenters. The molecule has 2 aromatic rings. The molecule has 0 saturated carbocycles. The molecular formula is C15H20N4O. The van der Waals surface area contributed by atoms with Gasteiger partial charge in [-0.05, 0) is 25.5 Å². The van der Waals surface area contributed by atoms with Crippen LogP contribution in [0.25, 0.3) is 0 Å². The van der Waals surface area contributed by atoms with E-state index < -0.39 is 0 Å². The average Bonchev–Trinajstić information content (AvgIpc) is 2.46. The zero-order valence-electron chi connectivity index (χ0n) is 12.1. The minimum absolute atomic E-state index is 0.0994. The van der Waals surface area contributed by atoms with Gasteiger partial charge in [0.25, 0.3) is 5.56 Å². The molecule has 106 valence electrons. The zero-order chi connectivity index (χ0) is 14.7. The highest BCUT2D eigenvalue weighted by molar-refractivity contribution is 5.62. The molecule has 2 N–H and O–H groups in total. The van der Waals surface area contributed by atoms with Crippen molar-refractivity contribution in [2.75, 3.05) is 11.9 Å². The number of aromatic nitrogens is 2. The van der Waals surface area contributed by atoms with E-state index in [2.05, 4.69) is 4.98 Å². The number of rotatable bonds is 4. The molecule has 5 nitrogen and oxygen atoms in total. The maximum Gasteiger partial charge on any atom is 0.294 e. The summed E-state index contributed by atoms with van der Waals surface area (Å²) in [5.41, 5.74) is 7.54. The van der Waals surface area contributed by atoms with Gasteiger partial charge < -0.3 is 15.2 Å². The van der Waals surface area contributed by atoms with Gasteiger partial charge in [0.1, 0.15) is 0 Å². The number of nitrogens with zero attached hydrogens (tertiary/aromatic N) is 3. The Labute approximate surface area is 118 Å². The Morgan fingerprint density at radius 3 is 2.70 bits per heavy atom. The van der Waals surface area contributed by atoms with Gasteiger partial charge in [-0.15, -0.1) is 0 Å². The van der Waals surface area contributed by atoms with Crippen molar-refractivity contribution >= 4 is 11.5 Å². The molecule has 0 fully saturated rings. The van der Waals surface area contributed by atoms with Crippen LogP contribution in [0, 0.1) is 0 Å². The van der Waals surface area contributed by atoms with Crippen LogP contribution in [0.3, 0.4) is 0 Å². The second-order valence-electron chi connectivity index (χ2n) is 4.95. The quantitative estimate of drug-likeness (QED) is 0.925. The maximum atomic E-state index is 12.5. The van der Waals surface area contributed by atoms with E-state index in [1.54, 1.807) is 21.9 Å². The summed E-state index contributed by atoms with van der Waals surface area (Å²) >= 11 is 0. The van der Waals surface area contributed by atoms with E-state index in [1.807, 2.05) is 45.2 Å². The lowest BCUT2D eigenvalue weighted by Crippen LogP contribution is -2.29. The van der Waals surface area contributed by atoms with Crippen LogP contribution in [0.4, 0.5) is 11.5 Å². The molecule has 0 amide bonds. The number of nitrogens with two attached hydrogens (primary N) is 1. The lowest BCUT2D eigenvalue weighted by molar-refractivity contribution is 0.574. The Bertz CT molecular complexity index is 648. The fourth-order valence-electron chi connectivity index (χ4n) is 2.18. The van der Waals surface area contributed by atoms with Crippen LogP contribution in [0.15, 0.2) is 41.5 Å². The van der Waals surface area contributed by atoms with Crippen LogP contribution in [0.5, 0.6) is 0 Å². The molecule has 0 aliphatic rings. The normalized spacial score (nSPS) is 10.8. The van der Waals surface area contributed by atoms with Crippen LogP contribution < -0.4 is 16.2 Å². The highest BCUT2D eigenvalue weighted by Crippen LogP contribution is 2.23. The van der Waals surface area contributed by atoms with E-state index in [4.69, 9.17) is 5.73 Å². The van der Waals surface area contributed by atoms with Gasteiger partial charge in [-0.25, -0.2) is 4.98 Å². The molecule has 2 rings (SSSR count). The van der Waals surface area contributed by atoms with Crippen molar-refractivity contribution in [2.24, 2.45) is 5.73 Å². The van der Waals surface area contributed by atoms with E-state index in [-0.39, 0.29) is 11.6 Å². The van der Waals surface area contributed by atoms with Crippen molar-refractivity contribution in [1.82, 2.24) is 9.55 Å². The lowest BCUT2D eigenvalue weighted by atomic mass is 10.1. The summed E-state index contributed by atoms with van der Waals surface area (Å²) in [5, 5.41) is 0. The average molecular weight is 272 g/mol. The number of benzene rings is 1. The number of para-hydroxylation sites is 1. The lowest BCUT2D eigenvalue weighted by Gasteiger charge is -2.21. The summed E-state index contributed by atoms with van der Waals surface area (Å²) in [6, 6.07) is 7.85. The molecule has 1 aromatic heterocycles. The van der Waals surface area contributed by atoms with E-state index in [1.165, 1.54) is 0 Å². The van der Waals surface area contributed by atoms with Gasteiger partial charge in [0, 0.05) is 37.7 Å². The Kier molecular flexibility index (Phi) is 4.20. The Balaban J connectivity index is 2.51. The monoisotopic (exact) mass is 272 g/mol. The highest BCUT2D eigenvalue weighted by Gasteiger charge is 2.14. The van der Waals surface area contributed by atoms with Gasteiger partial charge in [-0.2, -0.15) is 0 Å². The van der Waals surface area contributed by atoms with Crippen LogP contribution in [0.1, 0.15) is 25.5 Å². The van der Waals surface area contributed by atoms with Gasteiger partial charge >= 0.3 is 0 Å². The van der Waals surface area contributed by atoms with Gasteiger partial charge in [0.15, 0.2) is 5.82 Å². The minimum atomic E-state index is -0.100. The Morgan fingerprint density at radius 2 is 2.05 bits per heavy atom. The van der Waals surface area contributed by atoms with E-state index in [0.29, 0.717) is 12.4 Å². The largest absolute Gasteiger partial charge is 0.326 e. The standard InChI is InChI=1S/C15H20N4O/c1-11(2)19-9-8-17-14(15(19)20)18(3)13-7-5-4-6-12(13)10-16/h4-9,11H,10,16H2,1-3H3. The second kappa shape index (κ2) is 5.88. The minimum Gasteiger partial charge on any atom is -0.326 e. The first kappa shape index (κ1) is 14.3. The number of anilines is 2. The zero-order valence-corrected chi connectivity index (χ0v) is 12.1. The topological polar surface area (TPSA) is 64.2 Å². The van der Waals surface area contributed by atoms with Crippen LogP contribution in [-0.4, -0.2) is 16.6 Å². The van der Waals surface area contributed by atoms with Crippen LogP contribution in [0.2, 0.25) is 0 Å². The fraction of sp³-hybridized carbons (Fsp3) is 0.333. The van der Waals surface area contributed by atoms with Crippen LogP contribution in [-0.2, 0) is 6.54 Å². The predicted octanol–water partition coefficient (Wildman–Crippen LogP) is 2.05. The highest BCUT2D eigenvalue weighted by atomic mass is 16.1. The molecule has 1 aromatic carbocycles. The first-order valence-corrected chi connectivity index (χ1v) is 6.65. The molecule has 0 spiro atoms. The summed E-state index contributed by atoms with van der Waals surface area (Å²) in [5.74, 6) is 0.405. The molecule has 0 aliphatic heterocycles. The molecule has 0 saturated heterocycles. The summed E-state index contributed by atoms with van der Waals surface area (Å²) < 4.78 is 1.67. The molecule has 0 aliphatic carbocycles.